The van der Waals surface area contributed by atoms with Gasteiger partial charge in [0.05, 0.1) is 12.1 Å². The van der Waals surface area contributed by atoms with Crippen LogP contribution in [0.2, 0.25) is 0 Å². The maximum atomic E-state index is 13.2. The van der Waals surface area contributed by atoms with Crippen LogP contribution >= 0.6 is 0 Å². The molecule has 6 unspecified atom stereocenters. The van der Waals surface area contributed by atoms with Crippen molar-refractivity contribution in [2.75, 3.05) is 0 Å². The van der Waals surface area contributed by atoms with E-state index < -0.39 is 54.0 Å². The number of carboxylic acids is 1. The first-order valence-corrected chi connectivity index (χ1v) is 12.7. The Morgan fingerprint density at radius 1 is 0.763 bits per heavy atom. The minimum Gasteiger partial charge on any atom is -0.480 e. The first-order valence-electron chi connectivity index (χ1n) is 12.7. The van der Waals surface area contributed by atoms with E-state index in [2.05, 4.69) is 16.0 Å². The third-order valence-electron chi connectivity index (χ3n) is 6.39. The number of carbonyl (C=O) groups excluding carboxylic acids is 3. The number of amides is 3. The summed E-state index contributed by atoms with van der Waals surface area (Å²) in [4.78, 5) is 50.8. The molecular formula is C28H38N4O6. The molecule has 6 atom stereocenters. The quantitative estimate of drug-likeness (QED) is 0.211. The number of carboxylic acid groups (broad SMARTS) is 1. The van der Waals surface area contributed by atoms with E-state index in [0.717, 1.165) is 11.1 Å². The molecule has 38 heavy (non-hydrogen) atoms. The number of benzene rings is 2. The van der Waals surface area contributed by atoms with Gasteiger partial charge in [-0.2, -0.15) is 0 Å². The van der Waals surface area contributed by atoms with Gasteiger partial charge in [0.15, 0.2) is 0 Å². The number of rotatable bonds is 14. The molecule has 0 bridgehead atoms. The molecule has 2 aromatic rings. The molecule has 0 saturated carbocycles. The molecule has 3 amide bonds. The molecule has 0 aliphatic heterocycles. The van der Waals surface area contributed by atoms with Gasteiger partial charge in [0.1, 0.15) is 18.1 Å². The lowest BCUT2D eigenvalue weighted by Crippen LogP contribution is -2.61. The molecule has 206 valence electrons. The van der Waals surface area contributed by atoms with Gasteiger partial charge in [-0.1, -0.05) is 80.9 Å². The predicted octanol–water partition coefficient (Wildman–Crippen LogP) is 0.765. The summed E-state index contributed by atoms with van der Waals surface area (Å²) in [6.45, 7) is 4.90. The number of nitrogens with one attached hydrogen (secondary N) is 3. The highest BCUT2D eigenvalue weighted by atomic mass is 16.4. The molecule has 0 aliphatic carbocycles. The Kier molecular flexibility index (Phi) is 11.9. The Labute approximate surface area is 223 Å². The summed E-state index contributed by atoms with van der Waals surface area (Å²) < 4.78 is 0. The van der Waals surface area contributed by atoms with Crippen LogP contribution in [0.4, 0.5) is 0 Å². The Morgan fingerprint density at radius 2 is 1.24 bits per heavy atom. The van der Waals surface area contributed by atoms with E-state index in [1.54, 1.807) is 37.3 Å². The van der Waals surface area contributed by atoms with Gasteiger partial charge < -0.3 is 31.9 Å². The van der Waals surface area contributed by atoms with Gasteiger partial charge in [0, 0.05) is 6.42 Å². The highest BCUT2D eigenvalue weighted by Gasteiger charge is 2.34. The summed E-state index contributed by atoms with van der Waals surface area (Å²) in [6, 6.07) is 13.3. The van der Waals surface area contributed by atoms with Gasteiger partial charge in [-0.3, -0.25) is 14.4 Å². The lowest BCUT2D eigenvalue weighted by atomic mass is 9.96. The Morgan fingerprint density at radius 3 is 1.71 bits per heavy atom. The van der Waals surface area contributed by atoms with Crippen LogP contribution < -0.4 is 21.7 Å². The van der Waals surface area contributed by atoms with Gasteiger partial charge in [0.2, 0.25) is 17.7 Å². The largest absolute Gasteiger partial charge is 0.480 e. The molecule has 0 heterocycles. The van der Waals surface area contributed by atoms with Gasteiger partial charge in [-0.25, -0.2) is 4.79 Å². The topological polar surface area (TPSA) is 171 Å². The molecule has 0 saturated heterocycles. The zero-order valence-electron chi connectivity index (χ0n) is 22.0. The summed E-state index contributed by atoms with van der Waals surface area (Å²) in [5.74, 6) is -3.66. The van der Waals surface area contributed by atoms with Crippen molar-refractivity contribution in [1.82, 2.24) is 16.0 Å². The maximum Gasteiger partial charge on any atom is 0.326 e. The molecule has 0 aliphatic rings. The summed E-state index contributed by atoms with van der Waals surface area (Å²) >= 11 is 0. The van der Waals surface area contributed by atoms with Crippen molar-refractivity contribution in [3.05, 3.63) is 71.8 Å². The molecule has 0 radical (unpaired) electrons. The first-order chi connectivity index (χ1) is 18.0. The molecule has 2 rings (SSSR count). The van der Waals surface area contributed by atoms with E-state index in [1.807, 2.05) is 37.3 Å². The second-order valence-electron chi connectivity index (χ2n) is 9.48. The zero-order valence-corrected chi connectivity index (χ0v) is 22.0. The van der Waals surface area contributed by atoms with Gasteiger partial charge in [-0.15, -0.1) is 0 Å². The van der Waals surface area contributed by atoms with E-state index in [1.165, 1.54) is 6.92 Å². The van der Waals surface area contributed by atoms with Crippen LogP contribution in [0.5, 0.6) is 0 Å². The van der Waals surface area contributed by atoms with E-state index >= 15 is 0 Å². The van der Waals surface area contributed by atoms with Crippen LogP contribution in [-0.4, -0.2) is 64.2 Å². The number of aliphatic carboxylic acids is 1. The molecule has 10 nitrogen and oxygen atoms in total. The molecular weight excluding hydrogens is 488 g/mol. The van der Waals surface area contributed by atoms with E-state index in [-0.39, 0.29) is 18.8 Å². The third-order valence-corrected chi connectivity index (χ3v) is 6.39. The van der Waals surface area contributed by atoms with Crippen molar-refractivity contribution in [1.29, 1.82) is 0 Å². The van der Waals surface area contributed by atoms with Crippen LogP contribution in [0.3, 0.4) is 0 Å². The fraction of sp³-hybridized carbons (Fsp3) is 0.429. The molecule has 0 spiro atoms. The van der Waals surface area contributed by atoms with Crippen LogP contribution in [0, 0.1) is 5.92 Å². The Hall–Kier alpha value is -3.76. The van der Waals surface area contributed by atoms with Crippen molar-refractivity contribution in [3.8, 4) is 0 Å². The summed E-state index contributed by atoms with van der Waals surface area (Å²) in [5, 5.41) is 27.5. The van der Waals surface area contributed by atoms with Crippen LogP contribution in [0.1, 0.15) is 38.3 Å². The maximum absolute atomic E-state index is 13.2. The Balaban J connectivity index is 2.11. The normalized spacial score (nSPS) is 15.7. The predicted molar refractivity (Wildman–Crippen MR) is 143 cm³/mol. The number of hydrogen-bond donors (Lipinski definition) is 6. The van der Waals surface area contributed by atoms with E-state index in [4.69, 9.17) is 5.73 Å². The second kappa shape index (κ2) is 14.8. The van der Waals surface area contributed by atoms with Crippen molar-refractivity contribution >= 4 is 23.7 Å². The van der Waals surface area contributed by atoms with E-state index in [0.29, 0.717) is 6.42 Å². The summed E-state index contributed by atoms with van der Waals surface area (Å²) in [5.41, 5.74) is 7.59. The zero-order chi connectivity index (χ0) is 28.2. The van der Waals surface area contributed by atoms with Gasteiger partial charge >= 0.3 is 5.97 Å². The van der Waals surface area contributed by atoms with Crippen LogP contribution in [-0.2, 0) is 32.0 Å². The Bertz CT molecular complexity index is 1060. The van der Waals surface area contributed by atoms with E-state index in [9.17, 15) is 29.4 Å². The molecule has 0 fully saturated rings. The molecule has 10 heteroatoms. The number of aliphatic hydroxyl groups is 1. The number of aliphatic hydroxyl groups excluding tert-OH is 1. The summed E-state index contributed by atoms with van der Waals surface area (Å²) in [7, 11) is 0. The fourth-order valence-corrected chi connectivity index (χ4v) is 3.88. The monoisotopic (exact) mass is 526 g/mol. The van der Waals surface area contributed by atoms with Crippen molar-refractivity contribution < 1.29 is 29.4 Å². The minimum absolute atomic E-state index is 0.0642. The smallest absolute Gasteiger partial charge is 0.326 e. The minimum atomic E-state index is -1.37. The highest BCUT2D eigenvalue weighted by molar-refractivity contribution is 5.94. The number of carbonyl (C=O) groups is 4. The average molecular weight is 527 g/mol. The summed E-state index contributed by atoms with van der Waals surface area (Å²) in [6.07, 6.45) is -0.484. The second-order valence-corrected chi connectivity index (χ2v) is 9.48. The van der Waals surface area contributed by atoms with Crippen LogP contribution in [0.15, 0.2) is 60.7 Å². The van der Waals surface area contributed by atoms with Crippen molar-refractivity contribution in [2.24, 2.45) is 11.7 Å². The third kappa shape index (κ3) is 9.28. The molecule has 7 N–H and O–H groups in total. The average Bonchev–Trinajstić information content (AvgIpc) is 2.90. The highest BCUT2D eigenvalue weighted by Crippen LogP contribution is 2.11. The van der Waals surface area contributed by atoms with Crippen LogP contribution in [0.25, 0.3) is 0 Å². The standard InChI is InChI=1S/C28H38N4O6/c1-4-17(2)23(26(35)30-22(28(37)38)16-20-13-9-6-10-14-20)31-27(36)24(18(3)33)32-25(34)21(29)15-19-11-7-5-8-12-19/h5-14,17-18,21-24,33H,4,15-16,29H2,1-3H3,(H,30,35)(H,31,36)(H,32,34)(H,37,38). The van der Waals surface area contributed by atoms with Crippen molar-refractivity contribution in [2.45, 2.75) is 70.3 Å². The lowest BCUT2D eigenvalue weighted by Gasteiger charge is -2.29. The number of hydrogen-bond acceptors (Lipinski definition) is 6. The van der Waals surface area contributed by atoms with Crippen molar-refractivity contribution in [3.63, 3.8) is 0 Å². The molecule has 0 aromatic heterocycles. The molecule has 2 aromatic carbocycles. The fourth-order valence-electron chi connectivity index (χ4n) is 3.88. The van der Waals surface area contributed by atoms with Gasteiger partial charge in [-0.05, 0) is 30.4 Å². The SMILES string of the molecule is CCC(C)C(NC(=O)C(NC(=O)C(N)Cc1ccccc1)C(C)O)C(=O)NC(Cc1ccccc1)C(=O)O. The van der Waals surface area contributed by atoms with Gasteiger partial charge in [0.25, 0.3) is 0 Å². The first kappa shape index (κ1) is 30.5. The number of nitrogens with two attached hydrogens (primary N) is 1. The lowest BCUT2D eigenvalue weighted by molar-refractivity contribution is -0.142.